The Balaban J connectivity index is 2.81. The summed E-state index contributed by atoms with van der Waals surface area (Å²) in [6.45, 7) is 1.96. The van der Waals surface area contributed by atoms with Crippen molar-refractivity contribution in [2.24, 2.45) is 0 Å². The van der Waals surface area contributed by atoms with Gasteiger partial charge in [-0.1, -0.05) is 0 Å². The fraction of sp³-hybridized carbons (Fsp3) is 0.111. The van der Waals surface area contributed by atoms with Crippen LogP contribution in [0, 0.1) is 6.92 Å². The molecule has 0 saturated heterocycles. The Morgan fingerprint density at radius 1 is 1.36 bits per heavy atom. The minimum absolute atomic E-state index is 0.293. The SMILES string of the molecule is Cc1cc(O)c2coccc1-2. The van der Waals surface area contributed by atoms with E-state index in [1.54, 1.807) is 18.6 Å². The van der Waals surface area contributed by atoms with E-state index in [-0.39, 0.29) is 0 Å². The summed E-state index contributed by atoms with van der Waals surface area (Å²) < 4.78 is 4.92. The topological polar surface area (TPSA) is 33.4 Å². The van der Waals surface area contributed by atoms with Gasteiger partial charge in [-0.25, -0.2) is 0 Å². The van der Waals surface area contributed by atoms with Gasteiger partial charge in [-0.2, -0.15) is 0 Å². The molecule has 0 amide bonds. The van der Waals surface area contributed by atoms with Crippen LogP contribution in [0.2, 0.25) is 0 Å². The molecule has 0 atom stereocenters. The molecule has 1 aliphatic heterocycles. The van der Waals surface area contributed by atoms with E-state index in [0.717, 1.165) is 16.7 Å². The van der Waals surface area contributed by atoms with Gasteiger partial charge in [0.25, 0.3) is 0 Å². The Hall–Kier alpha value is -1.44. The lowest BCUT2D eigenvalue weighted by Gasteiger charge is -1.96. The molecule has 0 bridgehead atoms. The zero-order chi connectivity index (χ0) is 7.84. The van der Waals surface area contributed by atoms with Crippen LogP contribution in [-0.2, 0) is 0 Å². The van der Waals surface area contributed by atoms with E-state index in [1.807, 2.05) is 13.0 Å². The highest BCUT2D eigenvalue weighted by Crippen LogP contribution is 2.36. The van der Waals surface area contributed by atoms with E-state index >= 15 is 0 Å². The molecule has 0 aromatic carbocycles. The first-order valence-corrected chi connectivity index (χ1v) is 3.43. The maximum absolute atomic E-state index is 9.33. The predicted octanol–water partition coefficient (Wildman–Crippen LogP) is 2.40. The minimum atomic E-state index is 0.293. The summed E-state index contributed by atoms with van der Waals surface area (Å²) in [7, 11) is 0. The molecule has 2 nitrogen and oxygen atoms in total. The third-order valence-electron chi connectivity index (χ3n) is 1.84. The molecule has 0 spiro atoms. The van der Waals surface area contributed by atoms with E-state index < -0.39 is 0 Å². The van der Waals surface area contributed by atoms with Gasteiger partial charge < -0.3 is 9.52 Å². The number of rotatable bonds is 0. The summed E-state index contributed by atoms with van der Waals surface area (Å²) in [5.41, 5.74) is 2.91. The molecule has 0 saturated carbocycles. The van der Waals surface area contributed by atoms with Crippen molar-refractivity contribution in [2.45, 2.75) is 6.92 Å². The summed E-state index contributed by atoms with van der Waals surface area (Å²) in [6.07, 6.45) is 3.16. The molecule has 2 heteroatoms. The first-order chi connectivity index (χ1) is 5.29. The normalized spacial score (nSPS) is 10.6. The number of hydrogen-bond acceptors (Lipinski definition) is 2. The van der Waals surface area contributed by atoms with Crippen molar-refractivity contribution in [3.8, 4) is 16.9 Å². The highest BCUT2D eigenvalue weighted by molar-refractivity contribution is 5.75. The summed E-state index contributed by atoms with van der Waals surface area (Å²) >= 11 is 0. The maximum atomic E-state index is 9.33. The van der Waals surface area contributed by atoms with Crippen molar-refractivity contribution in [3.63, 3.8) is 0 Å². The largest absolute Gasteiger partial charge is 0.507 e. The van der Waals surface area contributed by atoms with Crippen LogP contribution in [0.3, 0.4) is 0 Å². The lowest BCUT2D eigenvalue weighted by molar-refractivity contribution is 0.474. The Kier molecular flexibility index (Phi) is 1.15. The van der Waals surface area contributed by atoms with Gasteiger partial charge in [0.15, 0.2) is 0 Å². The minimum Gasteiger partial charge on any atom is -0.507 e. The molecular formula is C9H8O2. The van der Waals surface area contributed by atoms with E-state index in [1.165, 1.54) is 0 Å². The summed E-state index contributed by atoms with van der Waals surface area (Å²) in [6, 6.07) is 3.59. The Morgan fingerprint density at radius 2 is 2.18 bits per heavy atom. The van der Waals surface area contributed by atoms with Gasteiger partial charge in [0.1, 0.15) is 12.0 Å². The van der Waals surface area contributed by atoms with E-state index in [9.17, 15) is 5.11 Å². The summed E-state index contributed by atoms with van der Waals surface area (Å²) in [4.78, 5) is 0. The van der Waals surface area contributed by atoms with E-state index in [4.69, 9.17) is 4.42 Å². The number of hydrogen-bond donors (Lipinski definition) is 1. The molecule has 2 rings (SSSR count). The molecule has 1 N–H and O–H groups in total. The average molecular weight is 148 g/mol. The third kappa shape index (κ3) is 0.792. The molecule has 1 heterocycles. The fourth-order valence-corrected chi connectivity index (χ4v) is 1.27. The summed E-state index contributed by atoms with van der Waals surface area (Å²) in [5, 5.41) is 9.33. The van der Waals surface area contributed by atoms with Crippen molar-refractivity contribution in [1.82, 2.24) is 0 Å². The predicted molar refractivity (Wildman–Crippen MR) is 41.7 cm³/mol. The summed E-state index contributed by atoms with van der Waals surface area (Å²) in [5.74, 6) is 0.293. The lowest BCUT2D eigenvalue weighted by Crippen LogP contribution is -1.73. The number of aryl methyl sites for hydroxylation is 1. The number of fused-ring (bicyclic) bond motifs is 1. The molecule has 2 aliphatic rings. The lowest BCUT2D eigenvalue weighted by atomic mass is 10.1. The second-order valence-electron chi connectivity index (χ2n) is 2.60. The van der Waals surface area contributed by atoms with Gasteiger partial charge in [-0.05, 0) is 30.2 Å². The highest BCUT2D eigenvalue weighted by Gasteiger charge is 2.11. The van der Waals surface area contributed by atoms with Crippen LogP contribution >= 0.6 is 0 Å². The molecule has 0 unspecified atom stereocenters. The van der Waals surface area contributed by atoms with Crippen molar-refractivity contribution in [2.75, 3.05) is 0 Å². The van der Waals surface area contributed by atoms with Crippen molar-refractivity contribution in [3.05, 3.63) is 30.2 Å². The van der Waals surface area contributed by atoms with Gasteiger partial charge in [-0.3, -0.25) is 0 Å². The van der Waals surface area contributed by atoms with E-state index in [2.05, 4.69) is 0 Å². The second kappa shape index (κ2) is 2.02. The van der Waals surface area contributed by atoms with Gasteiger partial charge in [0.2, 0.25) is 0 Å². The Morgan fingerprint density at radius 3 is 2.91 bits per heavy atom. The van der Waals surface area contributed by atoms with Gasteiger partial charge >= 0.3 is 0 Å². The van der Waals surface area contributed by atoms with Crippen LogP contribution in [0.5, 0.6) is 5.75 Å². The van der Waals surface area contributed by atoms with Crippen LogP contribution in [0.4, 0.5) is 0 Å². The molecule has 0 aromatic rings. The zero-order valence-electron chi connectivity index (χ0n) is 6.16. The van der Waals surface area contributed by atoms with Crippen molar-refractivity contribution >= 4 is 0 Å². The van der Waals surface area contributed by atoms with Crippen molar-refractivity contribution in [1.29, 1.82) is 0 Å². The van der Waals surface area contributed by atoms with Crippen LogP contribution < -0.4 is 0 Å². The van der Waals surface area contributed by atoms with Crippen LogP contribution in [0.25, 0.3) is 11.1 Å². The monoisotopic (exact) mass is 148 g/mol. The molecule has 0 aromatic heterocycles. The maximum Gasteiger partial charge on any atom is 0.126 e. The van der Waals surface area contributed by atoms with Crippen LogP contribution in [-0.4, -0.2) is 5.11 Å². The molecule has 56 valence electrons. The molecular weight excluding hydrogens is 140 g/mol. The van der Waals surface area contributed by atoms with Gasteiger partial charge in [0, 0.05) is 0 Å². The smallest absolute Gasteiger partial charge is 0.126 e. The molecule has 1 aliphatic carbocycles. The van der Waals surface area contributed by atoms with Crippen LogP contribution in [0.1, 0.15) is 5.56 Å². The molecule has 11 heavy (non-hydrogen) atoms. The highest BCUT2D eigenvalue weighted by atomic mass is 16.3. The zero-order valence-corrected chi connectivity index (χ0v) is 6.16. The Labute approximate surface area is 64.4 Å². The van der Waals surface area contributed by atoms with Crippen molar-refractivity contribution < 1.29 is 9.52 Å². The quantitative estimate of drug-likeness (QED) is 0.622. The first-order valence-electron chi connectivity index (χ1n) is 3.43. The Bertz CT molecular complexity index is 316. The van der Waals surface area contributed by atoms with Gasteiger partial charge in [-0.15, -0.1) is 0 Å². The molecule has 0 fully saturated rings. The first kappa shape index (κ1) is 6.28. The molecule has 0 radical (unpaired) electrons. The third-order valence-corrected chi connectivity index (χ3v) is 1.84. The number of aromatic hydroxyl groups is 1. The standard InChI is InChI=1S/C9H8O2/c1-6-4-9(10)8-5-11-3-2-7(6)8/h2-5,10H,1H3. The van der Waals surface area contributed by atoms with Crippen LogP contribution in [0.15, 0.2) is 29.1 Å². The van der Waals surface area contributed by atoms with Gasteiger partial charge in [0.05, 0.1) is 11.8 Å². The van der Waals surface area contributed by atoms with E-state index in [0.29, 0.717) is 5.75 Å². The fourth-order valence-electron chi connectivity index (χ4n) is 1.27. The average Bonchev–Trinajstić information content (AvgIpc) is 2.30. The second-order valence-corrected chi connectivity index (χ2v) is 2.60.